The number of hydrogen-bond acceptors (Lipinski definition) is 2. The summed E-state index contributed by atoms with van der Waals surface area (Å²) < 4.78 is 5.63. The van der Waals surface area contributed by atoms with Crippen molar-refractivity contribution in [1.29, 1.82) is 0 Å². The Morgan fingerprint density at radius 3 is 2.00 bits per heavy atom. The maximum Gasteiger partial charge on any atom is 0.318 e. The van der Waals surface area contributed by atoms with E-state index in [1.807, 2.05) is 85.8 Å². The van der Waals surface area contributed by atoms with Crippen molar-refractivity contribution in [3.05, 3.63) is 101 Å². The molecule has 27 heavy (non-hydrogen) atoms. The van der Waals surface area contributed by atoms with Gasteiger partial charge in [-0.15, -0.1) is 0 Å². The van der Waals surface area contributed by atoms with E-state index in [-0.39, 0.29) is 18.8 Å². The fourth-order valence-corrected chi connectivity index (χ4v) is 2.82. The molecule has 4 nitrogen and oxygen atoms in total. The highest BCUT2D eigenvalue weighted by Gasteiger charge is 2.16. The summed E-state index contributed by atoms with van der Waals surface area (Å²) in [5.41, 5.74) is 4.41. The topological polar surface area (TPSA) is 50.4 Å². The van der Waals surface area contributed by atoms with E-state index in [0.717, 1.165) is 22.4 Å². The van der Waals surface area contributed by atoms with E-state index in [4.69, 9.17) is 4.74 Å². The molecule has 0 unspecified atom stereocenters. The van der Waals surface area contributed by atoms with Crippen molar-refractivity contribution >= 4 is 6.03 Å². The van der Waals surface area contributed by atoms with Gasteiger partial charge in [-0.05, 0) is 48.2 Å². The van der Waals surface area contributed by atoms with E-state index in [0.29, 0.717) is 0 Å². The molecule has 0 aliphatic rings. The average Bonchev–Trinajstić information content (AvgIpc) is 2.70. The second kappa shape index (κ2) is 8.90. The lowest BCUT2D eigenvalue weighted by atomic mass is 9.99. The van der Waals surface area contributed by atoms with Crippen molar-refractivity contribution in [3.63, 3.8) is 0 Å². The molecule has 0 aliphatic heterocycles. The predicted octanol–water partition coefficient (Wildman–Crippen LogP) is 4.73. The molecule has 3 aromatic rings. The standard InChI is InChI=1S/C23H24N2O2/c1-17-13-14-21(15-18(17)2)27-16-24-23(26)25-22(19-9-5-3-6-10-19)20-11-7-4-8-12-20/h3-15,22H,16H2,1-2H3,(H2,24,25,26). The molecule has 0 spiro atoms. The van der Waals surface area contributed by atoms with Gasteiger partial charge in [0.25, 0.3) is 0 Å². The number of nitrogens with one attached hydrogen (secondary N) is 2. The lowest BCUT2D eigenvalue weighted by Crippen LogP contribution is -2.40. The molecular weight excluding hydrogens is 336 g/mol. The molecule has 0 radical (unpaired) electrons. The highest BCUT2D eigenvalue weighted by Crippen LogP contribution is 2.21. The van der Waals surface area contributed by atoms with Crippen molar-refractivity contribution in [1.82, 2.24) is 10.6 Å². The van der Waals surface area contributed by atoms with Crippen molar-refractivity contribution < 1.29 is 9.53 Å². The average molecular weight is 360 g/mol. The normalized spacial score (nSPS) is 10.5. The Balaban J connectivity index is 1.62. The van der Waals surface area contributed by atoms with Crippen LogP contribution >= 0.6 is 0 Å². The minimum Gasteiger partial charge on any atom is -0.473 e. The minimum absolute atomic E-state index is 0.102. The van der Waals surface area contributed by atoms with Crippen LogP contribution in [0.5, 0.6) is 5.75 Å². The zero-order valence-electron chi connectivity index (χ0n) is 15.6. The van der Waals surface area contributed by atoms with Gasteiger partial charge in [0.15, 0.2) is 6.73 Å². The Morgan fingerprint density at radius 1 is 0.852 bits per heavy atom. The second-order valence-corrected chi connectivity index (χ2v) is 6.44. The fraction of sp³-hybridized carbons (Fsp3) is 0.174. The van der Waals surface area contributed by atoms with E-state index >= 15 is 0 Å². The number of carbonyl (C=O) groups is 1. The highest BCUT2D eigenvalue weighted by atomic mass is 16.5. The fourth-order valence-electron chi connectivity index (χ4n) is 2.82. The van der Waals surface area contributed by atoms with Gasteiger partial charge in [-0.3, -0.25) is 0 Å². The Hall–Kier alpha value is -3.27. The summed E-state index contributed by atoms with van der Waals surface area (Å²) in [5, 5.41) is 5.79. The molecule has 2 amide bonds. The third-order valence-corrected chi connectivity index (χ3v) is 4.49. The smallest absolute Gasteiger partial charge is 0.318 e. The Labute approximate surface area is 160 Å². The summed E-state index contributed by atoms with van der Waals surface area (Å²) in [4.78, 5) is 12.4. The van der Waals surface area contributed by atoms with E-state index in [1.165, 1.54) is 5.56 Å². The molecule has 3 rings (SSSR count). The molecule has 4 heteroatoms. The summed E-state index contributed by atoms with van der Waals surface area (Å²) in [6.45, 7) is 4.19. The molecule has 0 bridgehead atoms. The molecule has 0 saturated carbocycles. The maximum atomic E-state index is 12.4. The number of carbonyl (C=O) groups excluding carboxylic acids is 1. The van der Waals surface area contributed by atoms with E-state index in [9.17, 15) is 4.79 Å². The number of aryl methyl sites for hydroxylation is 2. The number of benzene rings is 3. The van der Waals surface area contributed by atoms with Gasteiger partial charge in [-0.2, -0.15) is 0 Å². The van der Waals surface area contributed by atoms with Crippen LogP contribution in [-0.2, 0) is 0 Å². The van der Waals surface area contributed by atoms with Crippen LogP contribution in [0.3, 0.4) is 0 Å². The molecule has 0 aliphatic carbocycles. The van der Waals surface area contributed by atoms with Gasteiger partial charge < -0.3 is 15.4 Å². The molecule has 3 aromatic carbocycles. The quantitative estimate of drug-likeness (QED) is 0.625. The van der Waals surface area contributed by atoms with Crippen molar-refractivity contribution in [3.8, 4) is 5.75 Å². The number of rotatable bonds is 6. The van der Waals surface area contributed by atoms with Gasteiger partial charge >= 0.3 is 6.03 Å². The highest BCUT2D eigenvalue weighted by molar-refractivity contribution is 5.75. The minimum atomic E-state index is -0.281. The van der Waals surface area contributed by atoms with Crippen LogP contribution in [0.1, 0.15) is 28.3 Å². The number of hydrogen-bond donors (Lipinski definition) is 2. The summed E-state index contributed by atoms with van der Waals surface area (Å²) in [6.07, 6.45) is 0. The van der Waals surface area contributed by atoms with Gasteiger partial charge in [0, 0.05) is 0 Å². The van der Waals surface area contributed by atoms with Gasteiger partial charge in [0.1, 0.15) is 5.75 Å². The van der Waals surface area contributed by atoms with E-state index in [1.54, 1.807) is 0 Å². The van der Waals surface area contributed by atoms with E-state index < -0.39 is 0 Å². The van der Waals surface area contributed by atoms with Gasteiger partial charge in [-0.1, -0.05) is 66.7 Å². The number of amides is 2. The van der Waals surface area contributed by atoms with Crippen LogP contribution in [0, 0.1) is 13.8 Å². The van der Waals surface area contributed by atoms with Crippen LogP contribution in [0.4, 0.5) is 4.79 Å². The van der Waals surface area contributed by atoms with Crippen LogP contribution in [-0.4, -0.2) is 12.8 Å². The molecule has 0 atom stereocenters. The van der Waals surface area contributed by atoms with Gasteiger partial charge in [-0.25, -0.2) is 4.79 Å². The first-order chi connectivity index (χ1) is 13.1. The first-order valence-electron chi connectivity index (χ1n) is 8.98. The molecule has 0 fully saturated rings. The van der Waals surface area contributed by atoms with Crippen molar-refractivity contribution in [2.75, 3.05) is 6.73 Å². The monoisotopic (exact) mass is 360 g/mol. The third kappa shape index (κ3) is 5.11. The molecule has 138 valence electrons. The molecule has 0 saturated heterocycles. The van der Waals surface area contributed by atoms with Crippen LogP contribution < -0.4 is 15.4 Å². The van der Waals surface area contributed by atoms with Gasteiger partial charge in [0.05, 0.1) is 6.04 Å². The Kier molecular flexibility index (Phi) is 6.10. The van der Waals surface area contributed by atoms with Gasteiger partial charge in [0.2, 0.25) is 0 Å². The number of ether oxygens (including phenoxy) is 1. The molecular formula is C23H24N2O2. The first kappa shape index (κ1) is 18.5. The third-order valence-electron chi connectivity index (χ3n) is 4.49. The molecule has 0 heterocycles. The molecule has 0 aromatic heterocycles. The van der Waals surface area contributed by atoms with Crippen LogP contribution in [0.15, 0.2) is 78.9 Å². The summed E-state index contributed by atoms with van der Waals surface area (Å²) in [5.74, 6) is 0.737. The van der Waals surface area contributed by atoms with Crippen molar-refractivity contribution in [2.24, 2.45) is 0 Å². The lowest BCUT2D eigenvalue weighted by molar-refractivity contribution is 0.222. The zero-order valence-corrected chi connectivity index (χ0v) is 15.6. The lowest BCUT2D eigenvalue weighted by Gasteiger charge is -2.20. The molecule has 2 N–H and O–H groups in total. The maximum absolute atomic E-state index is 12.4. The Morgan fingerprint density at radius 2 is 1.44 bits per heavy atom. The SMILES string of the molecule is Cc1ccc(OCNC(=O)NC(c2ccccc2)c2ccccc2)cc1C. The Bertz CT molecular complexity index is 840. The van der Waals surface area contributed by atoms with Crippen LogP contribution in [0.2, 0.25) is 0 Å². The van der Waals surface area contributed by atoms with E-state index in [2.05, 4.69) is 17.6 Å². The predicted molar refractivity (Wildman–Crippen MR) is 108 cm³/mol. The largest absolute Gasteiger partial charge is 0.473 e. The summed E-state index contributed by atoms with van der Waals surface area (Å²) in [6, 6.07) is 25.2. The zero-order chi connectivity index (χ0) is 19.1. The summed E-state index contributed by atoms with van der Waals surface area (Å²) >= 11 is 0. The summed E-state index contributed by atoms with van der Waals surface area (Å²) in [7, 11) is 0. The second-order valence-electron chi connectivity index (χ2n) is 6.44. The van der Waals surface area contributed by atoms with Crippen molar-refractivity contribution in [2.45, 2.75) is 19.9 Å². The number of urea groups is 1. The van der Waals surface area contributed by atoms with Crippen LogP contribution in [0.25, 0.3) is 0 Å². The first-order valence-corrected chi connectivity index (χ1v) is 8.98.